The van der Waals surface area contributed by atoms with Crippen molar-refractivity contribution in [2.24, 2.45) is 5.73 Å². The van der Waals surface area contributed by atoms with Gasteiger partial charge in [0.1, 0.15) is 5.75 Å². The molecule has 0 aliphatic heterocycles. The van der Waals surface area contributed by atoms with Crippen molar-refractivity contribution in [2.75, 3.05) is 5.32 Å². The zero-order valence-corrected chi connectivity index (χ0v) is 17.6. The van der Waals surface area contributed by atoms with Gasteiger partial charge in [0, 0.05) is 11.7 Å². The van der Waals surface area contributed by atoms with Crippen LogP contribution in [0.1, 0.15) is 47.2 Å². The number of amides is 3. The van der Waals surface area contributed by atoms with E-state index in [1.165, 1.54) is 12.1 Å². The van der Waals surface area contributed by atoms with Crippen LogP contribution in [0.4, 0.5) is 36.8 Å². The van der Waals surface area contributed by atoms with E-state index in [2.05, 4.69) is 10.6 Å². The van der Waals surface area contributed by atoms with E-state index in [9.17, 15) is 35.9 Å². The first-order valence-electron chi connectivity index (χ1n) is 10.3. The summed E-state index contributed by atoms with van der Waals surface area (Å²) in [6, 6.07) is 6.13. The zero-order valence-electron chi connectivity index (χ0n) is 17.6. The maximum atomic E-state index is 13.0. The number of hydrogen-bond acceptors (Lipinski definition) is 3. The number of anilines is 1. The van der Waals surface area contributed by atoms with Crippen molar-refractivity contribution in [3.05, 3.63) is 59.2 Å². The molecule has 6 nitrogen and oxygen atoms in total. The highest BCUT2D eigenvalue weighted by molar-refractivity contribution is 5.95. The Balaban J connectivity index is 1.52. The molecule has 0 bridgehead atoms. The average Bonchev–Trinajstić information content (AvgIpc) is 2.74. The molecule has 0 unspecified atom stereocenters. The van der Waals surface area contributed by atoms with E-state index in [1.54, 1.807) is 0 Å². The van der Waals surface area contributed by atoms with E-state index in [0.29, 0.717) is 25.7 Å². The van der Waals surface area contributed by atoms with Crippen LogP contribution in [0.2, 0.25) is 0 Å². The molecule has 2 aromatic rings. The van der Waals surface area contributed by atoms with Gasteiger partial charge in [0.2, 0.25) is 5.91 Å². The van der Waals surface area contributed by atoms with Crippen molar-refractivity contribution < 1.29 is 40.7 Å². The Bertz CT molecular complexity index is 1050. The molecule has 0 spiro atoms. The van der Waals surface area contributed by atoms with E-state index >= 15 is 0 Å². The molecule has 1 fully saturated rings. The lowest BCUT2D eigenvalue weighted by Crippen LogP contribution is -2.41. The van der Waals surface area contributed by atoms with Crippen LogP contribution in [-0.4, -0.2) is 24.1 Å². The second-order valence-electron chi connectivity index (χ2n) is 7.84. The fraction of sp³-hybridized carbons (Fsp3) is 0.364. The molecular weight excluding hydrogens is 468 g/mol. The number of primary amides is 1. The first kappa shape index (κ1) is 25.2. The number of carbonyl (C=O) groups is 2. The lowest BCUT2D eigenvalue weighted by Gasteiger charge is -2.29. The Morgan fingerprint density at radius 1 is 0.912 bits per heavy atom. The summed E-state index contributed by atoms with van der Waals surface area (Å²) in [5.41, 5.74) is 2.35. The average molecular weight is 489 g/mol. The Morgan fingerprint density at radius 3 is 2.18 bits per heavy atom. The van der Waals surface area contributed by atoms with Crippen molar-refractivity contribution in [1.29, 1.82) is 0 Å². The smallest absolute Gasteiger partial charge is 0.417 e. The number of nitrogens with one attached hydrogen (secondary N) is 2. The number of ether oxygens (including phenoxy) is 1. The minimum Gasteiger partial charge on any atom is -0.490 e. The molecule has 4 N–H and O–H groups in total. The number of halogens is 6. The van der Waals surface area contributed by atoms with Crippen LogP contribution in [-0.2, 0) is 12.4 Å². The fourth-order valence-electron chi connectivity index (χ4n) is 3.69. The number of benzene rings is 2. The molecule has 0 atom stereocenters. The van der Waals surface area contributed by atoms with Gasteiger partial charge >= 0.3 is 18.4 Å². The van der Waals surface area contributed by atoms with E-state index in [4.69, 9.17) is 10.5 Å². The number of carbonyl (C=O) groups excluding carboxylic acids is 2. The van der Waals surface area contributed by atoms with E-state index in [-0.39, 0.29) is 23.6 Å². The molecule has 3 amide bonds. The summed E-state index contributed by atoms with van der Waals surface area (Å²) in [7, 11) is 0. The lowest BCUT2D eigenvalue weighted by molar-refractivity contribution is -0.138. The first-order valence-corrected chi connectivity index (χ1v) is 10.3. The summed E-state index contributed by atoms with van der Waals surface area (Å²) in [4.78, 5) is 23.6. The molecule has 0 aromatic heterocycles. The number of alkyl halides is 6. The molecule has 0 saturated heterocycles. The van der Waals surface area contributed by atoms with Gasteiger partial charge in [0.25, 0.3) is 0 Å². The molecule has 34 heavy (non-hydrogen) atoms. The van der Waals surface area contributed by atoms with Crippen LogP contribution in [0.25, 0.3) is 0 Å². The third kappa shape index (κ3) is 6.55. The van der Waals surface area contributed by atoms with Crippen LogP contribution in [0.3, 0.4) is 0 Å². The molecule has 1 saturated carbocycles. The Kier molecular flexibility index (Phi) is 7.27. The van der Waals surface area contributed by atoms with Gasteiger partial charge in [-0.1, -0.05) is 6.07 Å². The maximum absolute atomic E-state index is 13.0. The summed E-state index contributed by atoms with van der Waals surface area (Å²) in [5.74, 6) is -1.15. The van der Waals surface area contributed by atoms with Gasteiger partial charge in [-0.2, -0.15) is 26.3 Å². The summed E-state index contributed by atoms with van der Waals surface area (Å²) >= 11 is 0. The van der Waals surface area contributed by atoms with E-state index in [0.717, 1.165) is 30.3 Å². The monoisotopic (exact) mass is 489 g/mol. The van der Waals surface area contributed by atoms with Crippen molar-refractivity contribution in [3.63, 3.8) is 0 Å². The molecule has 0 heterocycles. The Hall–Kier alpha value is -3.44. The predicted octanol–water partition coefficient (Wildman–Crippen LogP) is 5.33. The molecule has 2 aromatic carbocycles. The van der Waals surface area contributed by atoms with Gasteiger partial charge < -0.3 is 21.1 Å². The van der Waals surface area contributed by atoms with Crippen molar-refractivity contribution in [1.82, 2.24) is 5.32 Å². The van der Waals surface area contributed by atoms with Crippen molar-refractivity contribution in [2.45, 2.75) is 50.2 Å². The largest absolute Gasteiger partial charge is 0.490 e. The quantitative estimate of drug-likeness (QED) is 0.496. The van der Waals surface area contributed by atoms with Gasteiger partial charge in [-0.25, -0.2) is 4.79 Å². The summed E-state index contributed by atoms with van der Waals surface area (Å²) in [6.07, 6.45) is -7.75. The van der Waals surface area contributed by atoms with Gasteiger partial charge in [0.05, 0.1) is 22.8 Å². The molecule has 3 rings (SSSR count). The Labute approximate surface area is 190 Å². The predicted molar refractivity (Wildman–Crippen MR) is 110 cm³/mol. The van der Waals surface area contributed by atoms with E-state index in [1.807, 2.05) is 0 Å². The number of hydrogen-bond donors (Lipinski definition) is 3. The summed E-state index contributed by atoms with van der Waals surface area (Å²) < 4.78 is 83.1. The number of rotatable bonds is 5. The highest BCUT2D eigenvalue weighted by atomic mass is 19.4. The van der Waals surface area contributed by atoms with Crippen LogP contribution >= 0.6 is 0 Å². The maximum Gasteiger partial charge on any atom is 0.417 e. The Morgan fingerprint density at radius 2 is 1.59 bits per heavy atom. The zero-order chi connectivity index (χ0) is 25.1. The van der Waals surface area contributed by atoms with Gasteiger partial charge in [-0.3, -0.25) is 4.79 Å². The fourth-order valence-corrected chi connectivity index (χ4v) is 3.69. The van der Waals surface area contributed by atoms with Crippen molar-refractivity contribution >= 4 is 17.6 Å². The second-order valence-corrected chi connectivity index (χ2v) is 7.84. The standard InChI is InChI=1S/C22H21F6N3O3/c23-21(24,25)12-2-1-3-14(10-12)31-20(33)30-13-4-6-15(7-5-13)34-16-8-9-18(22(26,27)28)17(11-16)19(29)32/h1-3,8-11,13,15H,4-7H2,(H2,29,32)(H2,30,31,33). The number of nitrogens with two attached hydrogens (primary N) is 1. The third-order valence-electron chi connectivity index (χ3n) is 5.32. The van der Waals surface area contributed by atoms with Crippen molar-refractivity contribution in [3.8, 4) is 5.75 Å². The summed E-state index contributed by atoms with van der Waals surface area (Å²) in [5, 5.41) is 5.06. The van der Waals surface area contributed by atoms with E-state index < -0.39 is 41.0 Å². The molecule has 1 aliphatic carbocycles. The molecule has 184 valence electrons. The molecule has 1 aliphatic rings. The lowest BCUT2D eigenvalue weighted by atomic mass is 9.93. The topological polar surface area (TPSA) is 93.5 Å². The van der Waals surface area contributed by atoms with Gasteiger partial charge in [0.15, 0.2) is 0 Å². The highest BCUT2D eigenvalue weighted by Gasteiger charge is 2.35. The molecular formula is C22H21F6N3O3. The van der Waals surface area contributed by atoms with Crippen LogP contribution in [0.5, 0.6) is 5.75 Å². The SMILES string of the molecule is NC(=O)c1cc(OC2CCC(NC(=O)Nc3cccc(C(F)(F)F)c3)CC2)ccc1C(F)(F)F. The second kappa shape index (κ2) is 9.82. The third-order valence-corrected chi connectivity index (χ3v) is 5.32. The van der Waals surface area contributed by atoms with Crippen LogP contribution in [0.15, 0.2) is 42.5 Å². The van der Waals surface area contributed by atoms with Gasteiger partial charge in [-0.15, -0.1) is 0 Å². The molecule has 12 heteroatoms. The number of urea groups is 1. The summed E-state index contributed by atoms with van der Waals surface area (Å²) in [6.45, 7) is 0. The first-order chi connectivity index (χ1) is 15.8. The minimum absolute atomic E-state index is 0.00287. The van der Waals surface area contributed by atoms with Crippen LogP contribution in [0, 0.1) is 0 Å². The van der Waals surface area contributed by atoms with Crippen LogP contribution < -0.4 is 21.1 Å². The highest BCUT2D eigenvalue weighted by Crippen LogP contribution is 2.35. The van der Waals surface area contributed by atoms with Gasteiger partial charge in [-0.05, 0) is 62.1 Å². The molecule has 0 radical (unpaired) electrons. The normalized spacial score (nSPS) is 18.8. The minimum atomic E-state index is -4.73.